The van der Waals surface area contributed by atoms with Crippen molar-refractivity contribution >= 4 is 29.4 Å². The van der Waals surface area contributed by atoms with Crippen molar-refractivity contribution in [2.24, 2.45) is 0 Å². The molecule has 31 heavy (non-hydrogen) atoms. The number of carboxylic acid groups (broad SMARTS) is 1. The SMILES string of the molecule is O=C(NCCc1cscn1)c1cccc(-c2ccc(N3CCOCC3)cc2)c1.O=CO. The summed E-state index contributed by atoms with van der Waals surface area (Å²) in [6, 6.07) is 16.3. The molecule has 3 aromatic rings. The molecule has 4 rings (SSSR count). The Balaban J connectivity index is 0.000000858. The number of ether oxygens (including phenoxy) is 1. The lowest BCUT2D eigenvalue weighted by Crippen LogP contribution is -2.36. The smallest absolute Gasteiger partial charge is 0.290 e. The third-order valence-electron chi connectivity index (χ3n) is 4.85. The van der Waals surface area contributed by atoms with Crippen LogP contribution in [-0.2, 0) is 16.0 Å². The number of benzene rings is 2. The fourth-order valence-electron chi connectivity index (χ4n) is 3.29. The van der Waals surface area contributed by atoms with Gasteiger partial charge in [-0.2, -0.15) is 0 Å². The van der Waals surface area contributed by atoms with Crippen LogP contribution in [-0.4, -0.2) is 55.3 Å². The molecule has 2 heterocycles. The Morgan fingerprint density at radius 3 is 2.58 bits per heavy atom. The van der Waals surface area contributed by atoms with Gasteiger partial charge in [-0.15, -0.1) is 11.3 Å². The summed E-state index contributed by atoms with van der Waals surface area (Å²) in [7, 11) is 0. The summed E-state index contributed by atoms with van der Waals surface area (Å²) in [6.07, 6.45) is 0.748. The summed E-state index contributed by atoms with van der Waals surface area (Å²) >= 11 is 1.57. The molecule has 0 spiro atoms. The molecule has 1 fully saturated rings. The van der Waals surface area contributed by atoms with Crippen LogP contribution in [0.4, 0.5) is 5.69 Å². The van der Waals surface area contributed by atoms with Gasteiger partial charge in [0, 0.05) is 42.7 Å². The Morgan fingerprint density at radius 1 is 1.16 bits per heavy atom. The van der Waals surface area contributed by atoms with Crippen LogP contribution in [0, 0.1) is 0 Å². The molecular formula is C23H25N3O4S. The number of rotatable bonds is 6. The monoisotopic (exact) mass is 439 g/mol. The first-order valence-corrected chi connectivity index (χ1v) is 10.9. The van der Waals surface area contributed by atoms with E-state index in [-0.39, 0.29) is 12.4 Å². The highest BCUT2D eigenvalue weighted by Gasteiger charge is 2.12. The number of carbonyl (C=O) groups is 2. The van der Waals surface area contributed by atoms with E-state index in [0.29, 0.717) is 12.1 Å². The third kappa shape index (κ3) is 6.63. The molecule has 1 amide bonds. The van der Waals surface area contributed by atoms with E-state index in [1.165, 1.54) is 5.69 Å². The van der Waals surface area contributed by atoms with Gasteiger partial charge in [-0.25, -0.2) is 4.98 Å². The van der Waals surface area contributed by atoms with E-state index in [1.54, 1.807) is 11.3 Å². The van der Waals surface area contributed by atoms with Gasteiger partial charge in [0.2, 0.25) is 0 Å². The topological polar surface area (TPSA) is 91.8 Å². The molecular weight excluding hydrogens is 414 g/mol. The van der Waals surface area contributed by atoms with Gasteiger partial charge in [0.05, 0.1) is 24.4 Å². The number of hydrogen-bond acceptors (Lipinski definition) is 6. The van der Waals surface area contributed by atoms with Gasteiger partial charge in [-0.05, 0) is 35.4 Å². The molecule has 7 nitrogen and oxygen atoms in total. The number of anilines is 1. The zero-order valence-electron chi connectivity index (χ0n) is 17.1. The number of hydrogen-bond donors (Lipinski definition) is 2. The van der Waals surface area contributed by atoms with Gasteiger partial charge in [-0.3, -0.25) is 9.59 Å². The van der Waals surface area contributed by atoms with E-state index in [1.807, 2.05) is 35.2 Å². The summed E-state index contributed by atoms with van der Waals surface area (Å²) < 4.78 is 5.42. The van der Waals surface area contributed by atoms with Crippen molar-refractivity contribution in [1.82, 2.24) is 10.3 Å². The largest absolute Gasteiger partial charge is 0.483 e. The lowest BCUT2D eigenvalue weighted by atomic mass is 10.0. The molecule has 0 radical (unpaired) electrons. The lowest BCUT2D eigenvalue weighted by molar-refractivity contribution is -0.122. The Kier molecular flexibility index (Phi) is 8.57. The average Bonchev–Trinajstić information content (AvgIpc) is 3.34. The Bertz CT molecular complexity index is 955. The van der Waals surface area contributed by atoms with Crippen molar-refractivity contribution in [2.45, 2.75) is 6.42 Å². The van der Waals surface area contributed by atoms with Crippen molar-refractivity contribution in [3.63, 3.8) is 0 Å². The van der Waals surface area contributed by atoms with Gasteiger partial charge in [0.1, 0.15) is 0 Å². The van der Waals surface area contributed by atoms with E-state index in [2.05, 4.69) is 39.5 Å². The highest BCUT2D eigenvalue weighted by molar-refractivity contribution is 7.07. The molecule has 2 N–H and O–H groups in total. The number of amides is 1. The Hall–Kier alpha value is -3.23. The van der Waals surface area contributed by atoms with Crippen LogP contribution in [0.15, 0.2) is 59.4 Å². The average molecular weight is 440 g/mol. The van der Waals surface area contributed by atoms with Crippen molar-refractivity contribution < 1.29 is 19.4 Å². The van der Waals surface area contributed by atoms with Gasteiger partial charge in [0.25, 0.3) is 12.4 Å². The van der Waals surface area contributed by atoms with Crippen LogP contribution < -0.4 is 10.2 Å². The number of thiazole rings is 1. The number of aromatic nitrogens is 1. The molecule has 0 unspecified atom stereocenters. The Morgan fingerprint density at radius 2 is 1.90 bits per heavy atom. The molecule has 8 heteroatoms. The van der Waals surface area contributed by atoms with Gasteiger partial charge < -0.3 is 20.1 Å². The molecule has 0 atom stereocenters. The van der Waals surface area contributed by atoms with E-state index < -0.39 is 0 Å². The standard InChI is InChI=1S/C22H23N3O2S.CH2O2/c26-22(23-9-8-20-15-28-16-24-20)19-3-1-2-18(14-19)17-4-6-21(7-5-17)25-10-12-27-13-11-25;2-1-3/h1-7,14-16H,8-13H2,(H,23,26);1H,(H,2,3). The summed E-state index contributed by atoms with van der Waals surface area (Å²) in [5.74, 6) is -0.0537. The van der Waals surface area contributed by atoms with E-state index in [0.717, 1.165) is 49.5 Å². The van der Waals surface area contributed by atoms with Gasteiger partial charge in [0.15, 0.2) is 0 Å². The fourth-order valence-corrected chi connectivity index (χ4v) is 3.89. The predicted octanol–water partition coefficient (Wildman–Crippen LogP) is 3.32. The van der Waals surface area contributed by atoms with E-state index >= 15 is 0 Å². The first kappa shape index (κ1) is 22.5. The minimum atomic E-state index is -0.250. The number of morpholine rings is 1. The number of carbonyl (C=O) groups excluding carboxylic acids is 1. The predicted molar refractivity (Wildman–Crippen MR) is 122 cm³/mol. The zero-order chi connectivity index (χ0) is 21.9. The molecule has 0 saturated carbocycles. The molecule has 162 valence electrons. The highest BCUT2D eigenvalue weighted by Crippen LogP contribution is 2.24. The zero-order valence-corrected chi connectivity index (χ0v) is 17.9. The summed E-state index contributed by atoms with van der Waals surface area (Å²) in [4.78, 5) is 27.4. The van der Waals surface area contributed by atoms with Crippen LogP contribution in [0.5, 0.6) is 0 Å². The molecule has 0 bridgehead atoms. The van der Waals surface area contributed by atoms with Crippen LogP contribution in [0.2, 0.25) is 0 Å². The second-order valence-corrected chi connectivity index (χ2v) is 7.54. The maximum absolute atomic E-state index is 12.5. The molecule has 1 saturated heterocycles. The minimum Gasteiger partial charge on any atom is -0.483 e. The van der Waals surface area contributed by atoms with E-state index in [9.17, 15) is 4.79 Å². The lowest BCUT2D eigenvalue weighted by Gasteiger charge is -2.28. The molecule has 2 aromatic carbocycles. The molecule has 0 aliphatic carbocycles. The second kappa shape index (κ2) is 11.8. The maximum atomic E-state index is 12.5. The summed E-state index contributed by atoms with van der Waals surface area (Å²) in [5, 5.41) is 11.9. The highest BCUT2D eigenvalue weighted by atomic mass is 32.1. The fraction of sp³-hybridized carbons (Fsp3) is 0.261. The van der Waals surface area contributed by atoms with Crippen LogP contribution in [0.3, 0.4) is 0 Å². The maximum Gasteiger partial charge on any atom is 0.290 e. The molecule has 1 aromatic heterocycles. The Labute approximate surface area is 185 Å². The summed E-state index contributed by atoms with van der Waals surface area (Å²) in [5.41, 5.74) is 6.86. The van der Waals surface area contributed by atoms with E-state index in [4.69, 9.17) is 14.6 Å². The number of nitrogens with zero attached hydrogens (tertiary/aromatic N) is 2. The van der Waals surface area contributed by atoms with Crippen molar-refractivity contribution in [3.8, 4) is 11.1 Å². The summed E-state index contributed by atoms with van der Waals surface area (Å²) in [6.45, 7) is 3.75. The third-order valence-corrected chi connectivity index (χ3v) is 5.49. The second-order valence-electron chi connectivity index (χ2n) is 6.82. The first-order chi connectivity index (χ1) is 15.2. The molecule has 1 aliphatic heterocycles. The minimum absolute atomic E-state index is 0.0537. The van der Waals surface area contributed by atoms with Crippen molar-refractivity contribution in [3.05, 3.63) is 70.7 Å². The van der Waals surface area contributed by atoms with Crippen molar-refractivity contribution in [2.75, 3.05) is 37.7 Å². The van der Waals surface area contributed by atoms with Crippen LogP contribution in [0.1, 0.15) is 16.1 Å². The number of nitrogens with one attached hydrogen (secondary N) is 1. The molecule has 1 aliphatic rings. The van der Waals surface area contributed by atoms with Crippen LogP contribution >= 0.6 is 11.3 Å². The van der Waals surface area contributed by atoms with Gasteiger partial charge >= 0.3 is 0 Å². The normalized spacial score (nSPS) is 13.1. The van der Waals surface area contributed by atoms with Gasteiger partial charge in [-0.1, -0.05) is 24.3 Å². The van der Waals surface area contributed by atoms with Crippen molar-refractivity contribution in [1.29, 1.82) is 0 Å². The quantitative estimate of drug-likeness (QED) is 0.573. The first-order valence-electron chi connectivity index (χ1n) is 9.97. The van der Waals surface area contributed by atoms with Crippen LogP contribution in [0.25, 0.3) is 11.1 Å².